The summed E-state index contributed by atoms with van der Waals surface area (Å²) in [6.07, 6.45) is 0.132. The molecular formula is C13H20F2O4. The van der Waals surface area contributed by atoms with E-state index in [4.69, 9.17) is 4.74 Å². The number of esters is 2. The van der Waals surface area contributed by atoms with E-state index in [0.29, 0.717) is 13.3 Å². The lowest BCUT2D eigenvalue weighted by atomic mass is 10.1. The van der Waals surface area contributed by atoms with Crippen LogP contribution in [0.3, 0.4) is 0 Å². The van der Waals surface area contributed by atoms with Gasteiger partial charge < -0.3 is 9.47 Å². The summed E-state index contributed by atoms with van der Waals surface area (Å²) >= 11 is 0. The fourth-order valence-corrected chi connectivity index (χ4v) is 0.900. The van der Waals surface area contributed by atoms with Gasteiger partial charge in [-0.15, -0.1) is 0 Å². The summed E-state index contributed by atoms with van der Waals surface area (Å²) in [6, 6.07) is 0. The fraction of sp³-hybridized carbons (Fsp3) is 0.692. The van der Waals surface area contributed by atoms with Crippen LogP contribution < -0.4 is 0 Å². The van der Waals surface area contributed by atoms with Crippen molar-refractivity contribution in [2.45, 2.75) is 52.1 Å². The number of halogens is 2. The Bertz CT molecular complexity index is 356. The molecule has 0 amide bonds. The molecule has 19 heavy (non-hydrogen) atoms. The van der Waals surface area contributed by atoms with Gasteiger partial charge in [0.15, 0.2) is 6.61 Å². The lowest BCUT2D eigenvalue weighted by Crippen LogP contribution is -2.28. The summed E-state index contributed by atoms with van der Waals surface area (Å²) in [5.41, 5.74) is -0.786. The fourth-order valence-electron chi connectivity index (χ4n) is 0.900. The van der Waals surface area contributed by atoms with Crippen molar-refractivity contribution in [3.8, 4) is 0 Å². The molecule has 0 N–H and O–H groups in total. The van der Waals surface area contributed by atoms with Crippen LogP contribution in [0.1, 0.15) is 40.5 Å². The van der Waals surface area contributed by atoms with E-state index in [0.717, 1.165) is 0 Å². The maximum Gasteiger partial charge on any atom is 0.334 e. The van der Waals surface area contributed by atoms with E-state index < -0.39 is 36.5 Å². The van der Waals surface area contributed by atoms with Crippen molar-refractivity contribution in [2.75, 3.05) is 6.61 Å². The molecule has 0 atom stereocenters. The topological polar surface area (TPSA) is 52.6 Å². The molecule has 0 bridgehead atoms. The Morgan fingerprint density at radius 2 is 1.74 bits per heavy atom. The van der Waals surface area contributed by atoms with E-state index in [1.54, 1.807) is 13.8 Å². The van der Waals surface area contributed by atoms with E-state index in [1.807, 2.05) is 6.92 Å². The molecule has 0 rings (SSSR count). The Labute approximate surface area is 111 Å². The number of alkyl halides is 2. The van der Waals surface area contributed by atoms with Gasteiger partial charge >= 0.3 is 11.9 Å². The van der Waals surface area contributed by atoms with Gasteiger partial charge in [0.2, 0.25) is 0 Å². The number of hydrogen-bond acceptors (Lipinski definition) is 4. The third kappa shape index (κ3) is 8.29. The molecule has 0 aliphatic carbocycles. The quantitative estimate of drug-likeness (QED) is 0.531. The van der Waals surface area contributed by atoms with Gasteiger partial charge in [-0.25, -0.2) is 13.6 Å². The van der Waals surface area contributed by atoms with Crippen molar-refractivity contribution >= 4 is 11.9 Å². The van der Waals surface area contributed by atoms with Crippen molar-refractivity contribution in [3.63, 3.8) is 0 Å². The highest BCUT2D eigenvalue weighted by Crippen LogP contribution is 2.17. The highest BCUT2D eigenvalue weighted by Gasteiger charge is 2.26. The summed E-state index contributed by atoms with van der Waals surface area (Å²) in [5.74, 6) is -4.76. The Balaban J connectivity index is 4.24. The zero-order chi connectivity index (χ0) is 15.3. The van der Waals surface area contributed by atoms with Crippen LogP contribution in [0.2, 0.25) is 0 Å². The maximum absolute atomic E-state index is 12.5. The maximum atomic E-state index is 12.5. The molecule has 0 unspecified atom stereocenters. The second-order valence-corrected chi connectivity index (χ2v) is 5.01. The third-order valence-corrected chi connectivity index (χ3v) is 2.35. The summed E-state index contributed by atoms with van der Waals surface area (Å²) in [7, 11) is 0. The van der Waals surface area contributed by atoms with Gasteiger partial charge in [0.1, 0.15) is 5.60 Å². The zero-order valence-electron chi connectivity index (χ0n) is 11.7. The molecule has 0 aromatic rings. The molecule has 0 aromatic carbocycles. The molecule has 0 aliphatic heterocycles. The molecular weight excluding hydrogens is 258 g/mol. The first kappa shape index (κ1) is 17.5. The van der Waals surface area contributed by atoms with Gasteiger partial charge in [-0.05, 0) is 20.3 Å². The predicted octanol–water partition coefficient (Wildman–Crippen LogP) is 2.86. The first-order valence-corrected chi connectivity index (χ1v) is 5.91. The Kier molecular flexibility index (Phi) is 6.12. The summed E-state index contributed by atoms with van der Waals surface area (Å²) < 4.78 is 34.3. The minimum atomic E-state index is -3.10. The van der Waals surface area contributed by atoms with Gasteiger partial charge in [-0.1, -0.05) is 13.5 Å². The van der Waals surface area contributed by atoms with E-state index in [-0.39, 0.29) is 5.57 Å². The van der Waals surface area contributed by atoms with E-state index in [1.165, 1.54) is 0 Å². The molecule has 0 spiro atoms. The van der Waals surface area contributed by atoms with Crippen LogP contribution in [0.4, 0.5) is 8.78 Å². The first-order chi connectivity index (χ1) is 8.47. The number of rotatable bonds is 7. The Morgan fingerprint density at radius 1 is 1.21 bits per heavy atom. The molecule has 0 heterocycles. The molecule has 0 aromatic heterocycles. The zero-order valence-corrected chi connectivity index (χ0v) is 11.7. The van der Waals surface area contributed by atoms with Crippen LogP contribution in [0.25, 0.3) is 0 Å². The lowest BCUT2D eigenvalue weighted by Gasteiger charge is -2.23. The van der Waals surface area contributed by atoms with Crippen molar-refractivity contribution in [2.24, 2.45) is 0 Å². The van der Waals surface area contributed by atoms with Crippen molar-refractivity contribution in [1.82, 2.24) is 0 Å². The third-order valence-electron chi connectivity index (χ3n) is 2.35. The van der Waals surface area contributed by atoms with Crippen LogP contribution in [-0.2, 0) is 19.1 Å². The van der Waals surface area contributed by atoms with Gasteiger partial charge in [-0.2, -0.15) is 0 Å². The number of carbonyl (C=O) groups excluding carboxylic acids is 2. The number of carbonyl (C=O) groups is 2. The van der Waals surface area contributed by atoms with Gasteiger partial charge in [0.05, 0.1) is 6.42 Å². The van der Waals surface area contributed by atoms with Gasteiger partial charge in [0, 0.05) is 12.5 Å². The van der Waals surface area contributed by atoms with Crippen molar-refractivity contribution in [1.29, 1.82) is 0 Å². The van der Waals surface area contributed by atoms with Gasteiger partial charge in [0.25, 0.3) is 5.92 Å². The average Bonchev–Trinajstić information content (AvgIpc) is 2.25. The van der Waals surface area contributed by atoms with E-state index >= 15 is 0 Å². The molecule has 0 saturated heterocycles. The number of ether oxygens (including phenoxy) is 2. The Hall–Kier alpha value is -1.46. The van der Waals surface area contributed by atoms with Crippen LogP contribution >= 0.6 is 0 Å². The second-order valence-electron chi connectivity index (χ2n) is 5.01. The average molecular weight is 278 g/mol. The molecule has 0 aliphatic rings. The summed E-state index contributed by atoms with van der Waals surface area (Å²) in [4.78, 5) is 22.8. The SMILES string of the molecule is C=C(CC(=O)OCC(C)(F)F)C(=O)OC(C)(C)CC. The van der Waals surface area contributed by atoms with E-state index in [2.05, 4.69) is 11.3 Å². The predicted molar refractivity (Wildman–Crippen MR) is 65.8 cm³/mol. The largest absolute Gasteiger partial charge is 0.459 e. The Morgan fingerprint density at radius 3 is 2.16 bits per heavy atom. The van der Waals surface area contributed by atoms with Crippen molar-refractivity contribution < 1.29 is 27.8 Å². The molecule has 4 nitrogen and oxygen atoms in total. The van der Waals surface area contributed by atoms with Gasteiger partial charge in [-0.3, -0.25) is 4.79 Å². The monoisotopic (exact) mass is 278 g/mol. The summed E-state index contributed by atoms with van der Waals surface area (Å²) in [6.45, 7) is 8.28. The minimum Gasteiger partial charge on any atom is -0.459 e. The highest BCUT2D eigenvalue weighted by molar-refractivity contribution is 5.93. The molecule has 110 valence electrons. The lowest BCUT2D eigenvalue weighted by molar-refractivity contribution is -0.157. The van der Waals surface area contributed by atoms with Crippen LogP contribution in [0, 0.1) is 0 Å². The minimum absolute atomic E-state index is 0.119. The number of hydrogen-bond donors (Lipinski definition) is 0. The van der Waals surface area contributed by atoms with Crippen LogP contribution in [0.5, 0.6) is 0 Å². The second kappa shape index (κ2) is 6.63. The van der Waals surface area contributed by atoms with Crippen LogP contribution in [0.15, 0.2) is 12.2 Å². The molecule has 0 fully saturated rings. The molecule has 6 heteroatoms. The smallest absolute Gasteiger partial charge is 0.334 e. The highest BCUT2D eigenvalue weighted by atomic mass is 19.3. The van der Waals surface area contributed by atoms with E-state index in [9.17, 15) is 18.4 Å². The van der Waals surface area contributed by atoms with Crippen molar-refractivity contribution in [3.05, 3.63) is 12.2 Å². The summed E-state index contributed by atoms with van der Waals surface area (Å²) in [5, 5.41) is 0. The molecule has 0 saturated carbocycles. The molecule has 0 radical (unpaired) electrons. The van der Waals surface area contributed by atoms with Crippen LogP contribution in [-0.4, -0.2) is 30.1 Å². The first-order valence-electron chi connectivity index (χ1n) is 5.91. The standard InChI is InChI=1S/C13H20F2O4/c1-6-12(3,4)19-11(17)9(2)7-10(16)18-8-13(5,14)15/h2,6-8H2,1,3-5H3. The normalized spacial score (nSPS) is 11.9.